The van der Waals surface area contributed by atoms with Gasteiger partial charge in [-0.25, -0.2) is 9.59 Å². The molecular weight excluding hydrogens is 544 g/mol. The Kier molecular flexibility index (Phi) is 15.3. The van der Waals surface area contributed by atoms with Gasteiger partial charge in [-0.2, -0.15) is 0 Å². The molecule has 43 heavy (non-hydrogen) atoms. The van der Waals surface area contributed by atoms with Crippen LogP contribution in [-0.4, -0.2) is 38.9 Å². The van der Waals surface area contributed by atoms with Gasteiger partial charge in [0.15, 0.2) is 11.5 Å². The van der Waals surface area contributed by atoms with E-state index in [0.29, 0.717) is 41.8 Å². The Bertz CT molecular complexity index is 1140. The minimum atomic E-state index is -0.387. The molecule has 2 aromatic carbocycles. The number of carbonyl (C=O) groups excluding carboxylic acids is 2. The van der Waals surface area contributed by atoms with Gasteiger partial charge in [-0.05, 0) is 73.6 Å². The number of unbranched alkanes of at least 4 members (excludes halogenated alkanes) is 8. The fourth-order valence-corrected chi connectivity index (χ4v) is 5.34. The third-order valence-electron chi connectivity index (χ3n) is 7.78. The first-order valence-corrected chi connectivity index (χ1v) is 15.9. The molecule has 1 aliphatic rings. The van der Waals surface area contributed by atoms with E-state index in [1.54, 1.807) is 31.4 Å². The largest absolute Gasteiger partial charge is 0.493 e. The molecule has 0 amide bonds. The van der Waals surface area contributed by atoms with Crippen LogP contribution in [0.5, 0.6) is 11.5 Å². The number of hydrogen-bond donors (Lipinski definition) is 2. The number of methoxy groups -OCH3 is 1. The molecular formula is C35H50N2O6. The Hall–Kier alpha value is -3.68. The summed E-state index contributed by atoms with van der Waals surface area (Å²) in [6.07, 6.45) is 19.1. The molecule has 0 bridgehead atoms. The molecule has 0 aliphatic heterocycles. The molecule has 1 saturated carbocycles. The standard InChI is InChI=1S/C35H50N2O6/c1-40-33-22-27(16-18-32(33)43-26-28-14-10-9-11-15-28)17-19-34(38)41-20-12-7-5-3-2-4-6-8-13-21-42-35(39)29-23-30(36)25-31(37)24-29/h16-19,22-25,28H,2-15,20-21,26,36-37H2,1H3. The van der Waals surface area contributed by atoms with Crippen molar-refractivity contribution in [3.8, 4) is 11.5 Å². The molecule has 0 atom stereocenters. The van der Waals surface area contributed by atoms with E-state index in [2.05, 4.69) is 0 Å². The van der Waals surface area contributed by atoms with Crippen molar-refractivity contribution < 1.29 is 28.5 Å². The highest BCUT2D eigenvalue weighted by atomic mass is 16.5. The van der Waals surface area contributed by atoms with Crippen LogP contribution >= 0.6 is 0 Å². The van der Waals surface area contributed by atoms with Crippen LogP contribution in [0.3, 0.4) is 0 Å². The van der Waals surface area contributed by atoms with Crippen LogP contribution in [0.25, 0.3) is 6.08 Å². The number of benzene rings is 2. The second kappa shape index (κ2) is 19.5. The van der Waals surface area contributed by atoms with Gasteiger partial charge in [0.1, 0.15) is 0 Å². The first-order chi connectivity index (χ1) is 20.9. The number of esters is 2. The maximum Gasteiger partial charge on any atom is 0.338 e. The number of ether oxygens (including phenoxy) is 4. The minimum absolute atomic E-state index is 0.334. The van der Waals surface area contributed by atoms with Gasteiger partial charge in [0.25, 0.3) is 0 Å². The molecule has 2 aromatic rings. The van der Waals surface area contributed by atoms with Crippen LogP contribution in [0.1, 0.15) is 106 Å². The second-order valence-electron chi connectivity index (χ2n) is 11.4. The topological polar surface area (TPSA) is 123 Å². The van der Waals surface area contributed by atoms with Crippen LogP contribution in [0.15, 0.2) is 42.5 Å². The summed E-state index contributed by atoms with van der Waals surface area (Å²) in [6.45, 7) is 1.56. The van der Waals surface area contributed by atoms with Crippen molar-refractivity contribution in [2.45, 2.75) is 89.9 Å². The third kappa shape index (κ3) is 13.4. The number of nitrogens with two attached hydrogens (primary N) is 2. The van der Waals surface area contributed by atoms with E-state index in [1.807, 2.05) is 18.2 Å². The number of nitrogen functional groups attached to an aromatic ring is 2. The van der Waals surface area contributed by atoms with Crippen molar-refractivity contribution in [1.82, 2.24) is 0 Å². The van der Waals surface area contributed by atoms with E-state index in [4.69, 9.17) is 30.4 Å². The average molecular weight is 595 g/mol. The van der Waals surface area contributed by atoms with E-state index in [9.17, 15) is 9.59 Å². The van der Waals surface area contributed by atoms with Crippen molar-refractivity contribution in [1.29, 1.82) is 0 Å². The van der Waals surface area contributed by atoms with Gasteiger partial charge in [-0.1, -0.05) is 70.3 Å². The summed E-state index contributed by atoms with van der Waals surface area (Å²) in [5.74, 6) is 1.32. The summed E-state index contributed by atoms with van der Waals surface area (Å²) in [5, 5.41) is 0. The van der Waals surface area contributed by atoms with Gasteiger partial charge in [-0.15, -0.1) is 0 Å². The second-order valence-corrected chi connectivity index (χ2v) is 11.4. The Balaban J connectivity index is 1.16. The Morgan fingerprint density at radius 1 is 0.767 bits per heavy atom. The number of rotatable bonds is 19. The molecule has 236 valence electrons. The molecule has 8 nitrogen and oxygen atoms in total. The van der Waals surface area contributed by atoms with Crippen molar-refractivity contribution >= 4 is 29.4 Å². The monoisotopic (exact) mass is 594 g/mol. The summed E-state index contributed by atoms with van der Waals surface area (Å²) in [5.41, 5.74) is 13.6. The van der Waals surface area contributed by atoms with E-state index in [0.717, 1.165) is 62.9 Å². The zero-order chi connectivity index (χ0) is 30.7. The Morgan fingerprint density at radius 2 is 1.37 bits per heavy atom. The van der Waals surface area contributed by atoms with Crippen LogP contribution in [0.2, 0.25) is 0 Å². The lowest BCUT2D eigenvalue weighted by Gasteiger charge is -2.22. The SMILES string of the molecule is COc1cc(C=CC(=O)OCCCCCCCCCCCOC(=O)c2cc(N)cc(N)c2)ccc1OCC1CCCCC1. The van der Waals surface area contributed by atoms with Crippen LogP contribution in [-0.2, 0) is 14.3 Å². The molecule has 0 heterocycles. The molecule has 0 saturated heterocycles. The fourth-order valence-electron chi connectivity index (χ4n) is 5.34. The fraction of sp³-hybridized carbons (Fsp3) is 0.543. The quantitative estimate of drug-likeness (QED) is 0.0733. The summed E-state index contributed by atoms with van der Waals surface area (Å²) in [4.78, 5) is 24.2. The smallest absolute Gasteiger partial charge is 0.338 e. The summed E-state index contributed by atoms with van der Waals surface area (Å²) in [7, 11) is 1.63. The summed E-state index contributed by atoms with van der Waals surface area (Å²) >= 11 is 0. The van der Waals surface area contributed by atoms with Crippen molar-refractivity contribution in [3.05, 3.63) is 53.6 Å². The molecule has 0 aromatic heterocycles. The normalized spacial score (nSPS) is 13.6. The highest BCUT2D eigenvalue weighted by molar-refractivity contribution is 5.91. The predicted octanol–water partition coefficient (Wildman–Crippen LogP) is 7.74. The number of anilines is 2. The molecule has 1 aliphatic carbocycles. The predicted molar refractivity (Wildman–Crippen MR) is 172 cm³/mol. The highest BCUT2D eigenvalue weighted by Crippen LogP contribution is 2.31. The van der Waals surface area contributed by atoms with E-state index >= 15 is 0 Å². The number of carbonyl (C=O) groups is 2. The molecule has 1 fully saturated rings. The molecule has 3 rings (SSSR count). The van der Waals surface area contributed by atoms with Crippen molar-refractivity contribution in [2.75, 3.05) is 38.4 Å². The maximum atomic E-state index is 12.1. The minimum Gasteiger partial charge on any atom is -0.493 e. The van der Waals surface area contributed by atoms with E-state index < -0.39 is 0 Å². The van der Waals surface area contributed by atoms with Gasteiger partial charge in [0.2, 0.25) is 0 Å². The van der Waals surface area contributed by atoms with Crippen molar-refractivity contribution in [3.63, 3.8) is 0 Å². The maximum absolute atomic E-state index is 12.1. The highest BCUT2D eigenvalue weighted by Gasteiger charge is 2.15. The third-order valence-corrected chi connectivity index (χ3v) is 7.78. The molecule has 4 N–H and O–H groups in total. The van der Waals surface area contributed by atoms with Gasteiger partial charge in [0.05, 0.1) is 32.5 Å². The summed E-state index contributed by atoms with van der Waals surface area (Å²) in [6, 6.07) is 10.5. The number of hydrogen-bond acceptors (Lipinski definition) is 8. The molecule has 8 heteroatoms. The molecule has 0 unspecified atom stereocenters. The first-order valence-electron chi connectivity index (χ1n) is 15.9. The van der Waals surface area contributed by atoms with Crippen LogP contribution in [0, 0.1) is 5.92 Å². The lowest BCUT2D eigenvalue weighted by atomic mass is 9.90. The lowest BCUT2D eigenvalue weighted by Crippen LogP contribution is -2.15. The average Bonchev–Trinajstić information content (AvgIpc) is 3.01. The lowest BCUT2D eigenvalue weighted by molar-refractivity contribution is -0.137. The Labute approximate surface area is 257 Å². The van der Waals surface area contributed by atoms with Gasteiger partial charge >= 0.3 is 11.9 Å². The van der Waals surface area contributed by atoms with Gasteiger partial charge < -0.3 is 30.4 Å². The zero-order valence-corrected chi connectivity index (χ0v) is 25.8. The Morgan fingerprint density at radius 3 is 2.00 bits per heavy atom. The molecule has 0 radical (unpaired) electrons. The molecule has 0 spiro atoms. The van der Waals surface area contributed by atoms with E-state index in [1.165, 1.54) is 51.0 Å². The zero-order valence-electron chi connectivity index (χ0n) is 25.8. The summed E-state index contributed by atoms with van der Waals surface area (Å²) < 4.78 is 22.2. The first kappa shape index (κ1) is 33.8. The van der Waals surface area contributed by atoms with Crippen LogP contribution in [0.4, 0.5) is 11.4 Å². The van der Waals surface area contributed by atoms with E-state index in [-0.39, 0.29) is 11.9 Å². The van der Waals surface area contributed by atoms with Crippen LogP contribution < -0.4 is 20.9 Å². The van der Waals surface area contributed by atoms with Crippen molar-refractivity contribution in [2.24, 2.45) is 5.92 Å². The van der Waals surface area contributed by atoms with Gasteiger partial charge in [0, 0.05) is 17.5 Å². The van der Waals surface area contributed by atoms with Gasteiger partial charge in [-0.3, -0.25) is 0 Å².